The van der Waals surface area contributed by atoms with Crippen molar-refractivity contribution in [2.75, 3.05) is 5.32 Å². The van der Waals surface area contributed by atoms with E-state index in [1.165, 1.54) is 36.8 Å². The molecule has 23 heavy (non-hydrogen) atoms. The Morgan fingerprint density at radius 2 is 1.74 bits per heavy atom. The third-order valence-corrected chi connectivity index (χ3v) is 4.99. The van der Waals surface area contributed by atoms with Crippen LogP contribution >= 0.6 is 24.4 Å². The van der Waals surface area contributed by atoms with Crippen LogP contribution in [0.2, 0.25) is 0 Å². The van der Waals surface area contributed by atoms with Crippen molar-refractivity contribution in [3.8, 4) is 0 Å². The minimum Gasteiger partial charge on any atom is -0.358 e. The highest BCUT2D eigenvalue weighted by Crippen LogP contribution is 2.23. The Bertz CT molecular complexity index is 574. The molecule has 1 aromatic carbocycles. The normalized spacial score (nSPS) is 20.5. The molecule has 1 saturated carbocycles. The van der Waals surface area contributed by atoms with Gasteiger partial charge in [-0.3, -0.25) is 10.9 Å². The third kappa shape index (κ3) is 5.32. The van der Waals surface area contributed by atoms with Crippen molar-refractivity contribution >= 4 is 40.3 Å². The zero-order valence-electron chi connectivity index (χ0n) is 14.0. The summed E-state index contributed by atoms with van der Waals surface area (Å²) in [7, 11) is 0. The van der Waals surface area contributed by atoms with Gasteiger partial charge in [-0.15, -0.1) is 0 Å². The first-order valence-corrected chi connectivity index (χ1v) is 8.98. The molecule has 0 amide bonds. The molecule has 6 heteroatoms. The number of anilines is 1. The number of benzene rings is 1. The highest BCUT2D eigenvalue weighted by Gasteiger charge is 2.21. The Hall–Kier alpha value is -1.40. The van der Waals surface area contributed by atoms with E-state index >= 15 is 0 Å². The van der Waals surface area contributed by atoms with E-state index in [1.54, 1.807) is 0 Å². The summed E-state index contributed by atoms with van der Waals surface area (Å²) in [5, 5.41) is 7.66. The van der Waals surface area contributed by atoms with Gasteiger partial charge >= 0.3 is 0 Å². The molecule has 0 heterocycles. The fourth-order valence-corrected chi connectivity index (χ4v) is 3.25. The van der Waals surface area contributed by atoms with Gasteiger partial charge in [0.25, 0.3) is 0 Å². The van der Waals surface area contributed by atoms with Gasteiger partial charge < -0.3 is 10.6 Å². The first kappa shape index (κ1) is 17.9. The quantitative estimate of drug-likeness (QED) is 0.483. The van der Waals surface area contributed by atoms with Crippen molar-refractivity contribution in [3.63, 3.8) is 0 Å². The predicted octanol–water partition coefficient (Wildman–Crippen LogP) is 3.55. The lowest BCUT2D eigenvalue weighted by Gasteiger charge is -2.30. The second kappa shape index (κ2) is 8.45. The molecule has 126 valence electrons. The molecule has 0 spiro atoms. The van der Waals surface area contributed by atoms with Crippen LogP contribution in [0.1, 0.15) is 43.7 Å². The van der Waals surface area contributed by atoms with Crippen molar-refractivity contribution < 1.29 is 0 Å². The molecule has 1 aliphatic carbocycles. The zero-order chi connectivity index (χ0) is 16.8. The lowest BCUT2D eigenvalue weighted by molar-refractivity contribution is 0.308. The van der Waals surface area contributed by atoms with Gasteiger partial charge in [0.05, 0.1) is 0 Å². The minimum atomic E-state index is 0.450. The zero-order valence-corrected chi connectivity index (χ0v) is 15.7. The number of nitrogens with one attached hydrogen (secondary N) is 4. The summed E-state index contributed by atoms with van der Waals surface area (Å²) in [4.78, 5) is 0. The number of hydrazine groups is 1. The molecule has 4 N–H and O–H groups in total. The molecular weight excluding hydrogens is 324 g/mol. The summed E-state index contributed by atoms with van der Waals surface area (Å²) in [5.41, 5.74) is 9.34. The van der Waals surface area contributed by atoms with E-state index in [0.717, 1.165) is 5.69 Å². The molecule has 2 atom stereocenters. The van der Waals surface area contributed by atoms with Crippen LogP contribution in [0.15, 0.2) is 18.2 Å². The molecule has 2 rings (SSSR count). The summed E-state index contributed by atoms with van der Waals surface area (Å²) in [6.07, 6.45) is 5.03. The van der Waals surface area contributed by atoms with Gasteiger partial charge in [-0.05, 0) is 74.2 Å². The highest BCUT2D eigenvalue weighted by molar-refractivity contribution is 7.80. The van der Waals surface area contributed by atoms with Crippen molar-refractivity contribution in [2.45, 2.75) is 52.5 Å². The molecule has 4 nitrogen and oxygen atoms in total. The molecule has 0 aliphatic heterocycles. The van der Waals surface area contributed by atoms with E-state index in [2.05, 4.69) is 48.3 Å². The van der Waals surface area contributed by atoms with Crippen LogP contribution in [0.5, 0.6) is 0 Å². The number of hydrogen-bond acceptors (Lipinski definition) is 2. The molecule has 0 aromatic heterocycles. The predicted molar refractivity (Wildman–Crippen MR) is 106 cm³/mol. The van der Waals surface area contributed by atoms with Gasteiger partial charge in [0.1, 0.15) is 0 Å². The molecule has 0 unspecified atom stereocenters. The van der Waals surface area contributed by atoms with Crippen molar-refractivity contribution in [1.82, 2.24) is 16.2 Å². The first-order valence-electron chi connectivity index (χ1n) is 8.17. The van der Waals surface area contributed by atoms with E-state index in [-0.39, 0.29) is 0 Å². The highest BCUT2D eigenvalue weighted by atomic mass is 32.1. The molecule has 0 saturated heterocycles. The Morgan fingerprint density at radius 3 is 2.48 bits per heavy atom. The van der Waals surface area contributed by atoms with E-state index in [4.69, 9.17) is 24.4 Å². The fourth-order valence-electron chi connectivity index (χ4n) is 2.89. The average molecular weight is 351 g/mol. The second-order valence-electron chi connectivity index (χ2n) is 6.29. The van der Waals surface area contributed by atoms with Crippen LogP contribution in [0, 0.1) is 19.8 Å². The van der Waals surface area contributed by atoms with Gasteiger partial charge in [0, 0.05) is 11.7 Å². The Kier molecular flexibility index (Phi) is 6.59. The summed E-state index contributed by atoms with van der Waals surface area (Å²) in [5.74, 6) is 0.656. The Morgan fingerprint density at radius 1 is 1.04 bits per heavy atom. The maximum Gasteiger partial charge on any atom is 0.189 e. The van der Waals surface area contributed by atoms with Crippen LogP contribution in [0.4, 0.5) is 5.69 Å². The lowest BCUT2D eigenvalue weighted by atomic mass is 9.86. The van der Waals surface area contributed by atoms with Gasteiger partial charge in [0.15, 0.2) is 10.2 Å². The van der Waals surface area contributed by atoms with Crippen LogP contribution in [-0.4, -0.2) is 16.3 Å². The maximum atomic E-state index is 5.35. The fraction of sp³-hybridized carbons (Fsp3) is 0.529. The number of aryl methyl sites for hydroxylation is 1. The first-order chi connectivity index (χ1) is 11.0. The maximum absolute atomic E-state index is 5.35. The monoisotopic (exact) mass is 350 g/mol. The molecule has 0 bridgehead atoms. The van der Waals surface area contributed by atoms with Crippen LogP contribution in [-0.2, 0) is 0 Å². The number of hydrogen-bond donors (Lipinski definition) is 4. The van der Waals surface area contributed by atoms with Crippen molar-refractivity contribution in [2.24, 2.45) is 5.92 Å². The standard InChI is InChI=1S/C17H26N4S2/c1-11-8-6-10-15(13(11)3)19-17(23)21-20-16(22)18-14-9-5-4-7-12(14)2/h6,8,10,12,14H,4-5,7,9H2,1-3H3,(H2,18,20,22)(H2,19,21,23)/t12-,14-/m0/s1. The molecule has 1 fully saturated rings. The Labute approximate surface area is 149 Å². The molecule has 0 radical (unpaired) electrons. The lowest BCUT2D eigenvalue weighted by Crippen LogP contribution is -2.52. The summed E-state index contributed by atoms with van der Waals surface area (Å²) >= 11 is 10.7. The number of thiocarbonyl (C=S) groups is 2. The summed E-state index contributed by atoms with van der Waals surface area (Å²) < 4.78 is 0. The molecule has 1 aromatic rings. The van der Waals surface area contributed by atoms with Crippen molar-refractivity contribution in [3.05, 3.63) is 29.3 Å². The van der Waals surface area contributed by atoms with E-state index in [0.29, 0.717) is 22.2 Å². The number of rotatable bonds is 2. The van der Waals surface area contributed by atoms with Gasteiger partial charge in [-0.25, -0.2) is 0 Å². The smallest absolute Gasteiger partial charge is 0.189 e. The van der Waals surface area contributed by atoms with E-state index < -0.39 is 0 Å². The van der Waals surface area contributed by atoms with Crippen LogP contribution in [0.25, 0.3) is 0 Å². The largest absolute Gasteiger partial charge is 0.358 e. The van der Waals surface area contributed by atoms with Gasteiger partial charge in [-0.2, -0.15) is 0 Å². The summed E-state index contributed by atoms with van der Waals surface area (Å²) in [6, 6.07) is 6.55. The van der Waals surface area contributed by atoms with Crippen LogP contribution in [0.3, 0.4) is 0 Å². The SMILES string of the molecule is Cc1cccc(NC(=S)NNC(=S)N[C@H]2CCCC[C@@H]2C)c1C. The van der Waals surface area contributed by atoms with E-state index in [1.807, 2.05) is 12.1 Å². The average Bonchev–Trinajstić information content (AvgIpc) is 2.52. The minimum absolute atomic E-state index is 0.450. The van der Waals surface area contributed by atoms with Gasteiger partial charge in [0.2, 0.25) is 0 Å². The van der Waals surface area contributed by atoms with Crippen LogP contribution < -0.4 is 21.5 Å². The topological polar surface area (TPSA) is 48.1 Å². The second-order valence-corrected chi connectivity index (χ2v) is 7.11. The van der Waals surface area contributed by atoms with Crippen molar-refractivity contribution in [1.29, 1.82) is 0 Å². The Balaban J connectivity index is 1.77. The van der Waals surface area contributed by atoms with Gasteiger partial charge in [-0.1, -0.05) is 31.9 Å². The third-order valence-electron chi connectivity index (χ3n) is 4.57. The molecular formula is C17H26N4S2. The summed E-state index contributed by atoms with van der Waals surface area (Å²) in [6.45, 7) is 6.43. The molecule has 1 aliphatic rings. The van der Waals surface area contributed by atoms with E-state index in [9.17, 15) is 0 Å².